The number of hydrogen-bond acceptors (Lipinski definition) is 6. The second kappa shape index (κ2) is 9.43. The molecular weight excluding hydrogens is 433 g/mol. The Morgan fingerprint density at radius 1 is 1.10 bits per heavy atom. The molecule has 3 rings (SSSR count). The van der Waals surface area contributed by atoms with Crippen molar-refractivity contribution in [2.24, 2.45) is 0 Å². The molecule has 0 N–H and O–H groups in total. The first-order valence-corrected chi connectivity index (χ1v) is 11.7. The number of nitrogens with zero attached hydrogens (tertiary/aromatic N) is 3. The third-order valence-corrected chi connectivity index (χ3v) is 7.74. The molecule has 162 valence electrons. The molecule has 1 aromatic heterocycles. The Hall–Kier alpha value is -2.66. The van der Waals surface area contributed by atoms with Crippen LogP contribution in [0.4, 0.5) is 14.9 Å². The Balaban J connectivity index is 1.76. The summed E-state index contributed by atoms with van der Waals surface area (Å²) in [6.07, 6.45) is -0.433. The van der Waals surface area contributed by atoms with Crippen molar-refractivity contribution in [2.75, 3.05) is 43.6 Å². The summed E-state index contributed by atoms with van der Waals surface area (Å²) in [4.78, 5) is 27.7. The van der Waals surface area contributed by atoms with Gasteiger partial charge in [-0.15, -0.1) is 11.3 Å². The van der Waals surface area contributed by atoms with E-state index < -0.39 is 34.4 Å². The summed E-state index contributed by atoms with van der Waals surface area (Å²) in [6.45, 7) is 2.71. The lowest BCUT2D eigenvalue weighted by Gasteiger charge is -2.35. The smallest absolute Gasteiger partial charge is 0.409 e. The van der Waals surface area contributed by atoms with E-state index in [0.717, 1.165) is 27.8 Å². The molecule has 2 heterocycles. The standard InChI is InChI=1S/C19H22FN3O5S2/c1-2-28-19(25)22-11-9-21(10-12-22)17(24)14-23(16-7-5-15(20)6-8-16)30(26,27)18-4-3-13-29-18/h3-8,13H,2,9-12,14H2,1H3. The van der Waals surface area contributed by atoms with Crippen molar-refractivity contribution in [3.8, 4) is 0 Å². The lowest BCUT2D eigenvalue weighted by molar-refractivity contribution is -0.131. The molecule has 1 aromatic carbocycles. The number of benzene rings is 1. The topological polar surface area (TPSA) is 87.2 Å². The van der Waals surface area contributed by atoms with Gasteiger partial charge in [0.25, 0.3) is 10.0 Å². The van der Waals surface area contributed by atoms with E-state index in [9.17, 15) is 22.4 Å². The Labute approximate surface area is 178 Å². The van der Waals surface area contributed by atoms with Gasteiger partial charge in [0, 0.05) is 26.2 Å². The fourth-order valence-electron chi connectivity index (χ4n) is 3.02. The van der Waals surface area contributed by atoms with Crippen molar-refractivity contribution in [2.45, 2.75) is 11.1 Å². The summed E-state index contributed by atoms with van der Waals surface area (Å²) in [5.41, 5.74) is 0.198. The molecule has 0 saturated carbocycles. The molecule has 11 heteroatoms. The van der Waals surface area contributed by atoms with Crippen LogP contribution >= 0.6 is 11.3 Å². The number of halogens is 1. The first-order chi connectivity index (χ1) is 14.3. The van der Waals surface area contributed by atoms with Crippen LogP contribution in [0.5, 0.6) is 0 Å². The summed E-state index contributed by atoms with van der Waals surface area (Å²) >= 11 is 1.04. The molecule has 0 radical (unpaired) electrons. The highest BCUT2D eigenvalue weighted by Gasteiger charge is 2.31. The maximum Gasteiger partial charge on any atom is 0.409 e. The number of carbonyl (C=O) groups is 2. The SMILES string of the molecule is CCOC(=O)N1CCN(C(=O)CN(c2ccc(F)cc2)S(=O)(=O)c2cccs2)CC1. The lowest BCUT2D eigenvalue weighted by Crippen LogP contribution is -2.53. The zero-order valence-electron chi connectivity index (χ0n) is 16.4. The van der Waals surface area contributed by atoms with Crippen molar-refractivity contribution in [3.63, 3.8) is 0 Å². The molecule has 1 saturated heterocycles. The number of sulfonamides is 1. The fourth-order valence-corrected chi connectivity index (χ4v) is 5.54. The first kappa shape index (κ1) is 22.0. The molecule has 8 nitrogen and oxygen atoms in total. The van der Waals surface area contributed by atoms with E-state index in [0.29, 0.717) is 13.1 Å². The molecule has 0 aliphatic carbocycles. The summed E-state index contributed by atoms with van der Waals surface area (Å²) in [7, 11) is -3.99. The molecule has 1 aliphatic heterocycles. The van der Waals surface area contributed by atoms with Crippen LogP contribution in [-0.2, 0) is 19.6 Å². The molecule has 0 unspecified atom stereocenters. The minimum absolute atomic E-state index is 0.0896. The van der Waals surface area contributed by atoms with Gasteiger partial charge in [-0.1, -0.05) is 6.07 Å². The van der Waals surface area contributed by atoms with Gasteiger partial charge in [0.2, 0.25) is 5.91 Å². The molecule has 2 amide bonds. The second-order valence-corrected chi connectivity index (χ2v) is 9.52. The molecule has 2 aromatic rings. The highest BCUT2D eigenvalue weighted by molar-refractivity contribution is 7.94. The van der Waals surface area contributed by atoms with Crippen LogP contribution in [0.25, 0.3) is 0 Å². The average molecular weight is 456 g/mol. The van der Waals surface area contributed by atoms with Crippen molar-refractivity contribution in [1.82, 2.24) is 9.80 Å². The minimum atomic E-state index is -3.99. The number of carbonyl (C=O) groups excluding carboxylic acids is 2. The quantitative estimate of drug-likeness (QED) is 0.668. The lowest BCUT2D eigenvalue weighted by atomic mass is 10.3. The molecule has 0 spiro atoms. The first-order valence-electron chi connectivity index (χ1n) is 9.34. The van der Waals surface area contributed by atoms with Crippen molar-refractivity contribution in [1.29, 1.82) is 0 Å². The minimum Gasteiger partial charge on any atom is -0.450 e. The van der Waals surface area contributed by atoms with Crippen LogP contribution in [-0.4, -0.2) is 69.5 Å². The largest absolute Gasteiger partial charge is 0.450 e. The van der Waals surface area contributed by atoms with Gasteiger partial charge in [0.15, 0.2) is 0 Å². The Morgan fingerprint density at radius 2 is 1.73 bits per heavy atom. The zero-order chi connectivity index (χ0) is 21.7. The average Bonchev–Trinajstić information content (AvgIpc) is 3.29. The third kappa shape index (κ3) is 4.90. The predicted molar refractivity (Wildman–Crippen MR) is 110 cm³/mol. The van der Waals surface area contributed by atoms with Crippen molar-refractivity contribution < 1.29 is 27.1 Å². The number of rotatable bonds is 6. The van der Waals surface area contributed by atoms with Crippen LogP contribution < -0.4 is 4.31 Å². The molecule has 1 fully saturated rings. The molecule has 30 heavy (non-hydrogen) atoms. The summed E-state index contributed by atoms with van der Waals surface area (Å²) in [6, 6.07) is 8.01. The van der Waals surface area contributed by atoms with Crippen molar-refractivity contribution >= 4 is 39.0 Å². The maximum absolute atomic E-state index is 13.3. The van der Waals surface area contributed by atoms with E-state index in [1.165, 1.54) is 28.0 Å². The van der Waals surface area contributed by atoms with Crippen LogP contribution in [0.2, 0.25) is 0 Å². The van der Waals surface area contributed by atoms with Crippen LogP contribution in [0.1, 0.15) is 6.92 Å². The predicted octanol–water partition coefficient (Wildman–Crippen LogP) is 2.38. The van der Waals surface area contributed by atoms with Crippen LogP contribution in [0, 0.1) is 5.82 Å². The summed E-state index contributed by atoms with van der Waals surface area (Å²) in [5, 5.41) is 1.63. The van der Waals surface area contributed by atoms with E-state index in [2.05, 4.69) is 0 Å². The Morgan fingerprint density at radius 3 is 2.30 bits per heavy atom. The molecule has 0 atom stereocenters. The van der Waals surface area contributed by atoms with Gasteiger partial charge in [-0.05, 0) is 42.6 Å². The Kier molecular flexibility index (Phi) is 6.93. The van der Waals surface area contributed by atoms with Gasteiger partial charge in [-0.25, -0.2) is 17.6 Å². The monoisotopic (exact) mass is 455 g/mol. The normalized spacial score (nSPS) is 14.5. The number of hydrogen-bond donors (Lipinski definition) is 0. The van der Waals surface area contributed by atoms with Crippen molar-refractivity contribution in [3.05, 3.63) is 47.6 Å². The number of amides is 2. The van der Waals surface area contributed by atoms with Gasteiger partial charge < -0.3 is 14.5 Å². The fraction of sp³-hybridized carbons (Fsp3) is 0.368. The summed E-state index contributed by atoms with van der Waals surface area (Å²) < 4.78 is 45.6. The number of piperazine rings is 1. The van der Waals surface area contributed by atoms with Gasteiger partial charge >= 0.3 is 6.09 Å². The van der Waals surface area contributed by atoms with Crippen LogP contribution in [0.3, 0.4) is 0 Å². The Bertz CT molecular complexity index is 972. The highest BCUT2D eigenvalue weighted by atomic mass is 32.2. The van der Waals surface area contributed by atoms with E-state index in [1.807, 2.05) is 0 Å². The van der Waals surface area contributed by atoms with Gasteiger partial charge in [-0.2, -0.15) is 0 Å². The molecule has 1 aliphatic rings. The maximum atomic E-state index is 13.3. The van der Waals surface area contributed by atoms with E-state index in [-0.39, 0.29) is 29.6 Å². The van der Waals surface area contributed by atoms with Crippen LogP contribution in [0.15, 0.2) is 46.0 Å². The third-order valence-electron chi connectivity index (χ3n) is 4.59. The van der Waals surface area contributed by atoms with Gasteiger partial charge in [0.1, 0.15) is 16.6 Å². The van der Waals surface area contributed by atoms with Gasteiger partial charge in [0.05, 0.1) is 12.3 Å². The second-order valence-electron chi connectivity index (χ2n) is 6.49. The molecule has 0 bridgehead atoms. The van der Waals surface area contributed by atoms with Gasteiger partial charge in [-0.3, -0.25) is 9.10 Å². The summed E-state index contributed by atoms with van der Waals surface area (Å²) in [5.74, 6) is -0.906. The van der Waals surface area contributed by atoms with E-state index in [1.54, 1.807) is 18.4 Å². The van der Waals surface area contributed by atoms with E-state index in [4.69, 9.17) is 4.74 Å². The molecular formula is C19H22FN3O5S2. The number of anilines is 1. The number of ether oxygens (including phenoxy) is 1. The number of thiophene rings is 1. The zero-order valence-corrected chi connectivity index (χ0v) is 18.0. The highest BCUT2D eigenvalue weighted by Crippen LogP contribution is 2.27. The van der Waals surface area contributed by atoms with E-state index >= 15 is 0 Å².